The first-order valence-corrected chi connectivity index (χ1v) is 8.78. The number of nitrogens with one attached hydrogen (secondary N) is 3. The number of thiocarbonyl (C=S) groups is 1. The topological polar surface area (TPSA) is 79.5 Å². The van der Waals surface area contributed by atoms with Crippen molar-refractivity contribution >= 4 is 34.8 Å². The summed E-state index contributed by atoms with van der Waals surface area (Å²) in [5, 5.41) is 8.57. The van der Waals surface area contributed by atoms with Gasteiger partial charge in [0.25, 0.3) is 11.8 Å². The van der Waals surface area contributed by atoms with Gasteiger partial charge in [-0.25, -0.2) is 0 Å². The van der Waals surface area contributed by atoms with E-state index >= 15 is 0 Å². The normalized spacial score (nSPS) is 10.7. The van der Waals surface area contributed by atoms with Gasteiger partial charge in [0.15, 0.2) is 5.11 Å². The Kier molecular flexibility index (Phi) is 6.52. The number of carbonyl (C=O) groups is 2. The molecule has 0 aliphatic heterocycles. The Bertz CT molecular complexity index is 842. The molecular weight excluding hydrogens is 362 g/mol. The second-order valence-electron chi connectivity index (χ2n) is 6.92. The number of methoxy groups -OCH3 is 1. The van der Waals surface area contributed by atoms with E-state index in [4.69, 9.17) is 17.0 Å². The molecule has 3 N–H and O–H groups in total. The van der Waals surface area contributed by atoms with Crippen molar-refractivity contribution in [3.05, 3.63) is 59.7 Å². The Balaban J connectivity index is 1.99. The van der Waals surface area contributed by atoms with Gasteiger partial charge in [0.2, 0.25) is 0 Å². The highest BCUT2D eigenvalue weighted by molar-refractivity contribution is 7.80. The highest BCUT2D eigenvalue weighted by atomic mass is 32.1. The monoisotopic (exact) mass is 385 g/mol. The number of carbonyl (C=O) groups excluding carboxylic acids is 2. The van der Waals surface area contributed by atoms with E-state index in [-0.39, 0.29) is 22.5 Å². The molecular formula is C20H23N3O3S. The standard InChI is InChI=1S/C20H23N3O3S/c1-20(2,3)23-18(25)14-6-5-7-15(12-14)21-19(27)22-17(24)13-8-10-16(26-4)11-9-13/h5-12H,1-4H3,(H,23,25)(H2,21,22,24,27). The third-order valence-electron chi connectivity index (χ3n) is 3.45. The van der Waals surface area contributed by atoms with Crippen molar-refractivity contribution in [3.63, 3.8) is 0 Å². The summed E-state index contributed by atoms with van der Waals surface area (Å²) in [6.07, 6.45) is 0. The highest BCUT2D eigenvalue weighted by Crippen LogP contribution is 2.13. The Morgan fingerprint density at radius 3 is 2.22 bits per heavy atom. The highest BCUT2D eigenvalue weighted by Gasteiger charge is 2.15. The zero-order valence-corrected chi connectivity index (χ0v) is 16.6. The molecule has 2 amide bonds. The van der Waals surface area contributed by atoms with Crippen LogP contribution in [0.4, 0.5) is 5.69 Å². The lowest BCUT2D eigenvalue weighted by Crippen LogP contribution is -2.40. The quantitative estimate of drug-likeness (QED) is 0.704. The van der Waals surface area contributed by atoms with Crippen LogP contribution in [0.15, 0.2) is 48.5 Å². The molecule has 2 aromatic carbocycles. The maximum absolute atomic E-state index is 12.3. The predicted molar refractivity (Wildman–Crippen MR) is 110 cm³/mol. The fourth-order valence-corrected chi connectivity index (χ4v) is 2.44. The molecule has 2 rings (SSSR count). The Labute approximate surface area is 164 Å². The molecule has 0 aromatic heterocycles. The molecule has 0 saturated carbocycles. The van der Waals surface area contributed by atoms with Gasteiger partial charge >= 0.3 is 0 Å². The Hall–Kier alpha value is -2.93. The van der Waals surface area contributed by atoms with E-state index < -0.39 is 0 Å². The summed E-state index contributed by atoms with van der Waals surface area (Å²) in [6.45, 7) is 5.74. The number of ether oxygens (including phenoxy) is 1. The molecule has 0 aliphatic carbocycles. The van der Waals surface area contributed by atoms with Crippen molar-refractivity contribution in [2.45, 2.75) is 26.3 Å². The molecule has 0 radical (unpaired) electrons. The van der Waals surface area contributed by atoms with E-state index in [0.717, 1.165) is 0 Å². The molecule has 0 spiro atoms. The van der Waals surface area contributed by atoms with Crippen molar-refractivity contribution in [1.82, 2.24) is 10.6 Å². The summed E-state index contributed by atoms with van der Waals surface area (Å²) in [5.74, 6) is 0.147. The lowest BCUT2D eigenvalue weighted by atomic mass is 10.1. The molecule has 0 unspecified atom stereocenters. The van der Waals surface area contributed by atoms with Gasteiger partial charge in [-0.1, -0.05) is 6.07 Å². The van der Waals surface area contributed by atoms with Crippen LogP contribution in [0.2, 0.25) is 0 Å². The molecule has 27 heavy (non-hydrogen) atoms. The predicted octanol–water partition coefficient (Wildman–Crippen LogP) is 3.35. The average molecular weight is 385 g/mol. The largest absolute Gasteiger partial charge is 0.497 e. The van der Waals surface area contributed by atoms with Crippen LogP contribution in [0.1, 0.15) is 41.5 Å². The summed E-state index contributed by atoms with van der Waals surface area (Å²) in [6, 6.07) is 13.6. The van der Waals surface area contributed by atoms with Crippen molar-refractivity contribution in [2.24, 2.45) is 0 Å². The first-order chi connectivity index (χ1) is 12.7. The number of rotatable bonds is 4. The van der Waals surface area contributed by atoms with Crippen LogP contribution in [-0.4, -0.2) is 29.6 Å². The number of anilines is 1. The fourth-order valence-electron chi connectivity index (χ4n) is 2.23. The summed E-state index contributed by atoms with van der Waals surface area (Å²) >= 11 is 5.19. The molecule has 0 fully saturated rings. The summed E-state index contributed by atoms with van der Waals surface area (Å²) in [5.41, 5.74) is 1.23. The van der Waals surface area contributed by atoms with Gasteiger partial charge in [0.1, 0.15) is 5.75 Å². The third kappa shape index (κ3) is 6.38. The van der Waals surface area contributed by atoms with E-state index in [0.29, 0.717) is 22.6 Å². The zero-order valence-electron chi connectivity index (χ0n) is 15.8. The zero-order chi connectivity index (χ0) is 20.0. The lowest BCUT2D eigenvalue weighted by Gasteiger charge is -2.20. The molecule has 2 aromatic rings. The third-order valence-corrected chi connectivity index (χ3v) is 3.65. The number of amides is 2. The number of hydrogen-bond donors (Lipinski definition) is 3. The van der Waals surface area contributed by atoms with Crippen LogP contribution >= 0.6 is 12.2 Å². The second-order valence-corrected chi connectivity index (χ2v) is 7.33. The molecule has 0 saturated heterocycles. The van der Waals surface area contributed by atoms with Gasteiger partial charge in [-0.3, -0.25) is 14.9 Å². The Morgan fingerprint density at radius 2 is 1.63 bits per heavy atom. The maximum atomic E-state index is 12.3. The van der Waals surface area contributed by atoms with E-state index in [1.54, 1.807) is 55.6 Å². The molecule has 6 nitrogen and oxygen atoms in total. The van der Waals surface area contributed by atoms with Gasteiger partial charge in [-0.15, -0.1) is 0 Å². The van der Waals surface area contributed by atoms with Crippen molar-refractivity contribution in [1.29, 1.82) is 0 Å². The van der Waals surface area contributed by atoms with Gasteiger partial charge < -0.3 is 15.4 Å². The van der Waals surface area contributed by atoms with E-state index in [2.05, 4.69) is 16.0 Å². The van der Waals surface area contributed by atoms with E-state index in [1.165, 1.54) is 0 Å². The second kappa shape index (κ2) is 8.64. The van der Waals surface area contributed by atoms with Crippen LogP contribution in [-0.2, 0) is 0 Å². The minimum Gasteiger partial charge on any atom is -0.497 e. The van der Waals surface area contributed by atoms with Gasteiger partial charge in [0.05, 0.1) is 7.11 Å². The first-order valence-electron chi connectivity index (χ1n) is 8.37. The van der Waals surface area contributed by atoms with Gasteiger partial charge in [-0.2, -0.15) is 0 Å². The SMILES string of the molecule is COc1ccc(C(=O)NC(=S)Nc2cccc(C(=O)NC(C)(C)C)c2)cc1. The Morgan fingerprint density at radius 1 is 0.963 bits per heavy atom. The maximum Gasteiger partial charge on any atom is 0.257 e. The summed E-state index contributed by atoms with van der Waals surface area (Å²) < 4.78 is 5.07. The average Bonchev–Trinajstić information content (AvgIpc) is 2.60. The van der Waals surface area contributed by atoms with Crippen molar-refractivity contribution in [2.75, 3.05) is 12.4 Å². The van der Waals surface area contributed by atoms with E-state index in [1.807, 2.05) is 20.8 Å². The molecule has 7 heteroatoms. The van der Waals surface area contributed by atoms with Crippen molar-refractivity contribution in [3.8, 4) is 5.75 Å². The minimum atomic E-state index is -0.336. The van der Waals surface area contributed by atoms with Crippen LogP contribution in [0.3, 0.4) is 0 Å². The van der Waals surface area contributed by atoms with Crippen LogP contribution in [0.5, 0.6) is 5.75 Å². The fraction of sp³-hybridized carbons (Fsp3) is 0.250. The van der Waals surface area contributed by atoms with Crippen LogP contribution < -0.4 is 20.7 Å². The lowest BCUT2D eigenvalue weighted by molar-refractivity contribution is 0.0918. The summed E-state index contributed by atoms with van der Waals surface area (Å²) in [4.78, 5) is 24.5. The molecule has 0 aliphatic rings. The minimum absolute atomic E-state index is 0.143. The number of hydrogen-bond acceptors (Lipinski definition) is 4. The smallest absolute Gasteiger partial charge is 0.257 e. The van der Waals surface area contributed by atoms with Crippen LogP contribution in [0.25, 0.3) is 0 Å². The van der Waals surface area contributed by atoms with Gasteiger partial charge in [-0.05, 0) is 75.5 Å². The molecule has 0 atom stereocenters. The molecule has 0 bridgehead atoms. The summed E-state index contributed by atoms with van der Waals surface area (Å²) in [7, 11) is 1.56. The molecule has 0 heterocycles. The van der Waals surface area contributed by atoms with Gasteiger partial charge in [0, 0.05) is 22.4 Å². The van der Waals surface area contributed by atoms with E-state index in [9.17, 15) is 9.59 Å². The number of benzene rings is 2. The van der Waals surface area contributed by atoms with Crippen LogP contribution in [0, 0.1) is 0 Å². The first kappa shape index (κ1) is 20.4. The molecule has 142 valence electrons. The van der Waals surface area contributed by atoms with Crippen molar-refractivity contribution < 1.29 is 14.3 Å².